The first kappa shape index (κ1) is 20.0. The molecular formula is C20H20ClFN4O2. The van der Waals surface area contributed by atoms with Gasteiger partial charge in [0, 0.05) is 32.0 Å². The largest absolute Gasteiger partial charge is 0.329 e. The van der Waals surface area contributed by atoms with Crippen LogP contribution in [0.4, 0.5) is 4.39 Å². The van der Waals surface area contributed by atoms with Gasteiger partial charge >= 0.3 is 0 Å². The molecule has 1 unspecified atom stereocenters. The molecule has 0 bridgehead atoms. The summed E-state index contributed by atoms with van der Waals surface area (Å²) in [5, 5.41) is 3.23. The maximum Gasteiger partial charge on any atom is 0.270 e. The maximum atomic E-state index is 13.7. The Morgan fingerprint density at radius 2 is 2.11 bits per heavy atom. The van der Waals surface area contributed by atoms with Gasteiger partial charge in [-0.15, -0.1) is 12.4 Å². The van der Waals surface area contributed by atoms with Crippen LogP contribution in [0.3, 0.4) is 0 Å². The van der Waals surface area contributed by atoms with Crippen molar-refractivity contribution in [3.8, 4) is 0 Å². The SMILES string of the molecule is Cc1ccc2ncc(C(=O)N3CCNCC3c3cccc(F)c3)c(=O)n2c1.Cl. The van der Waals surface area contributed by atoms with Crippen molar-refractivity contribution in [2.75, 3.05) is 19.6 Å². The molecule has 1 aliphatic heterocycles. The zero-order valence-corrected chi connectivity index (χ0v) is 16.1. The van der Waals surface area contributed by atoms with E-state index in [4.69, 9.17) is 0 Å². The lowest BCUT2D eigenvalue weighted by Gasteiger charge is -2.36. The van der Waals surface area contributed by atoms with Crippen molar-refractivity contribution in [1.82, 2.24) is 19.6 Å². The van der Waals surface area contributed by atoms with Gasteiger partial charge in [0.15, 0.2) is 0 Å². The van der Waals surface area contributed by atoms with E-state index in [-0.39, 0.29) is 35.7 Å². The van der Waals surface area contributed by atoms with Crippen LogP contribution in [-0.2, 0) is 0 Å². The van der Waals surface area contributed by atoms with E-state index in [1.165, 1.54) is 22.7 Å². The number of aryl methyl sites for hydroxylation is 1. The maximum absolute atomic E-state index is 13.7. The van der Waals surface area contributed by atoms with Crippen molar-refractivity contribution < 1.29 is 9.18 Å². The summed E-state index contributed by atoms with van der Waals surface area (Å²) in [5.41, 5.74) is 1.70. The van der Waals surface area contributed by atoms with Gasteiger partial charge in [0.2, 0.25) is 0 Å². The monoisotopic (exact) mass is 402 g/mol. The Kier molecular flexibility index (Phi) is 5.76. The van der Waals surface area contributed by atoms with Crippen molar-refractivity contribution in [2.24, 2.45) is 0 Å². The molecule has 1 fully saturated rings. The molecule has 28 heavy (non-hydrogen) atoms. The molecule has 0 radical (unpaired) electrons. The lowest BCUT2D eigenvalue weighted by atomic mass is 10.0. The molecule has 146 valence electrons. The first-order valence-corrected chi connectivity index (χ1v) is 8.80. The van der Waals surface area contributed by atoms with Crippen LogP contribution >= 0.6 is 12.4 Å². The average Bonchev–Trinajstić information content (AvgIpc) is 2.68. The summed E-state index contributed by atoms with van der Waals surface area (Å²) in [6.45, 7) is 3.41. The second-order valence-electron chi connectivity index (χ2n) is 6.69. The summed E-state index contributed by atoms with van der Waals surface area (Å²) in [6, 6.07) is 9.46. The van der Waals surface area contributed by atoms with E-state index in [0.29, 0.717) is 30.8 Å². The predicted molar refractivity (Wildman–Crippen MR) is 106 cm³/mol. The third-order valence-corrected chi connectivity index (χ3v) is 4.82. The number of carbonyl (C=O) groups excluding carboxylic acids is 1. The van der Waals surface area contributed by atoms with Crippen LogP contribution in [0, 0.1) is 12.7 Å². The van der Waals surface area contributed by atoms with Crippen LogP contribution in [-0.4, -0.2) is 39.8 Å². The van der Waals surface area contributed by atoms with E-state index in [2.05, 4.69) is 10.3 Å². The van der Waals surface area contributed by atoms with Crippen LogP contribution in [0.15, 0.2) is 53.6 Å². The van der Waals surface area contributed by atoms with Gasteiger partial charge in [-0.2, -0.15) is 0 Å². The number of benzene rings is 1. The Morgan fingerprint density at radius 1 is 1.29 bits per heavy atom. The van der Waals surface area contributed by atoms with Crippen LogP contribution in [0.2, 0.25) is 0 Å². The van der Waals surface area contributed by atoms with Gasteiger partial charge in [-0.05, 0) is 36.2 Å². The number of fused-ring (bicyclic) bond motifs is 1. The Bertz CT molecular complexity index is 1090. The summed E-state index contributed by atoms with van der Waals surface area (Å²) in [6.07, 6.45) is 3.00. The smallest absolute Gasteiger partial charge is 0.270 e. The molecule has 1 saturated heterocycles. The average molecular weight is 403 g/mol. The minimum absolute atomic E-state index is 0. The number of pyridine rings is 1. The third-order valence-electron chi connectivity index (χ3n) is 4.82. The van der Waals surface area contributed by atoms with E-state index < -0.39 is 5.56 Å². The van der Waals surface area contributed by atoms with Crippen molar-refractivity contribution in [1.29, 1.82) is 0 Å². The number of hydrogen-bond donors (Lipinski definition) is 1. The molecule has 0 spiro atoms. The van der Waals surface area contributed by atoms with Gasteiger partial charge in [0.05, 0.1) is 6.04 Å². The quantitative estimate of drug-likeness (QED) is 0.714. The van der Waals surface area contributed by atoms with Gasteiger partial charge in [0.1, 0.15) is 17.0 Å². The molecule has 4 rings (SSSR count). The number of nitrogens with one attached hydrogen (secondary N) is 1. The summed E-state index contributed by atoms with van der Waals surface area (Å²) >= 11 is 0. The van der Waals surface area contributed by atoms with E-state index in [0.717, 1.165) is 5.56 Å². The highest BCUT2D eigenvalue weighted by atomic mass is 35.5. The molecule has 3 aromatic rings. The van der Waals surface area contributed by atoms with Gasteiger partial charge in [-0.25, -0.2) is 9.37 Å². The molecule has 0 saturated carbocycles. The lowest BCUT2D eigenvalue weighted by molar-refractivity contribution is 0.0631. The highest BCUT2D eigenvalue weighted by Crippen LogP contribution is 2.24. The fraction of sp³-hybridized carbons (Fsp3) is 0.250. The van der Waals surface area contributed by atoms with Gasteiger partial charge in [-0.1, -0.05) is 18.2 Å². The third kappa shape index (κ3) is 3.63. The van der Waals surface area contributed by atoms with Gasteiger partial charge < -0.3 is 10.2 Å². The van der Waals surface area contributed by atoms with E-state index in [1.54, 1.807) is 29.3 Å². The van der Waals surface area contributed by atoms with E-state index in [1.807, 2.05) is 13.0 Å². The van der Waals surface area contributed by atoms with Crippen molar-refractivity contribution in [3.63, 3.8) is 0 Å². The first-order chi connectivity index (χ1) is 13.0. The highest BCUT2D eigenvalue weighted by molar-refractivity contribution is 5.94. The summed E-state index contributed by atoms with van der Waals surface area (Å²) < 4.78 is 15.1. The van der Waals surface area contributed by atoms with Crippen LogP contribution in [0.5, 0.6) is 0 Å². The molecule has 2 aromatic heterocycles. The standard InChI is InChI=1S/C20H19FN4O2.ClH/c1-13-5-6-18-23-10-16(20(27)25(18)12-13)19(26)24-8-7-22-11-17(24)14-3-2-4-15(21)9-14;/h2-6,9-10,12,17,22H,7-8,11H2,1H3;1H. The number of nitrogens with zero attached hydrogens (tertiary/aromatic N) is 3. The second kappa shape index (κ2) is 8.08. The highest BCUT2D eigenvalue weighted by Gasteiger charge is 2.30. The Morgan fingerprint density at radius 3 is 2.89 bits per heavy atom. The number of carbonyl (C=O) groups is 1. The topological polar surface area (TPSA) is 66.7 Å². The zero-order chi connectivity index (χ0) is 19.0. The van der Waals surface area contributed by atoms with Crippen LogP contribution in [0.1, 0.15) is 27.5 Å². The number of rotatable bonds is 2. The molecule has 6 nitrogen and oxygen atoms in total. The van der Waals surface area contributed by atoms with Crippen LogP contribution < -0.4 is 10.9 Å². The molecule has 1 amide bonds. The summed E-state index contributed by atoms with van der Waals surface area (Å²) in [7, 11) is 0. The van der Waals surface area contributed by atoms with Crippen molar-refractivity contribution >= 4 is 24.0 Å². The molecule has 8 heteroatoms. The number of hydrogen-bond acceptors (Lipinski definition) is 4. The van der Waals surface area contributed by atoms with Gasteiger partial charge in [0.25, 0.3) is 11.5 Å². The van der Waals surface area contributed by atoms with Crippen molar-refractivity contribution in [2.45, 2.75) is 13.0 Å². The molecule has 1 N–H and O–H groups in total. The lowest BCUT2D eigenvalue weighted by Crippen LogP contribution is -2.49. The zero-order valence-electron chi connectivity index (χ0n) is 15.3. The number of aromatic nitrogens is 2. The Hall–Kier alpha value is -2.77. The predicted octanol–water partition coefficient (Wildman–Crippen LogP) is 2.35. The van der Waals surface area contributed by atoms with Crippen LogP contribution in [0.25, 0.3) is 5.65 Å². The molecule has 1 aromatic carbocycles. The molecule has 1 atom stereocenters. The normalized spacial score (nSPS) is 16.6. The minimum atomic E-state index is -0.398. The van der Waals surface area contributed by atoms with E-state index >= 15 is 0 Å². The molecule has 1 aliphatic rings. The number of halogens is 2. The number of piperazine rings is 1. The molecule has 3 heterocycles. The summed E-state index contributed by atoms with van der Waals surface area (Å²) in [5.74, 6) is -0.743. The molecule has 0 aliphatic carbocycles. The van der Waals surface area contributed by atoms with Crippen molar-refractivity contribution in [3.05, 3.63) is 81.7 Å². The first-order valence-electron chi connectivity index (χ1n) is 8.80. The fourth-order valence-corrected chi connectivity index (χ4v) is 3.44. The fourth-order valence-electron chi connectivity index (χ4n) is 3.44. The Balaban J connectivity index is 0.00000225. The van der Waals surface area contributed by atoms with E-state index in [9.17, 15) is 14.0 Å². The molecular weight excluding hydrogens is 383 g/mol. The van der Waals surface area contributed by atoms with Gasteiger partial charge in [-0.3, -0.25) is 14.0 Å². The summed E-state index contributed by atoms with van der Waals surface area (Å²) in [4.78, 5) is 31.9. The second-order valence-corrected chi connectivity index (χ2v) is 6.69. The number of amides is 1. The Labute approximate surface area is 167 Å². The minimum Gasteiger partial charge on any atom is -0.329 e.